The summed E-state index contributed by atoms with van der Waals surface area (Å²) in [6.45, 7) is 3.64. The number of esters is 1. The van der Waals surface area contributed by atoms with E-state index in [4.69, 9.17) is 4.74 Å². The number of nitrogens with zero attached hydrogens (tertiary/aromatic N) is 1. The highest BCUT2D eigenvalue weighted by molar-refractivity contribution is 8.93. The normalized spacial score (nSPS) is 9.38. The first-order valence-electron chi connectivity index (χ1n) is 8.03. The summed E-state index contributed by atoms with van der Waals surface area (Å²) < 4.78 is 4.92. The minimum Gasteiger partial charge on any atom is -0.462 e. The number of rotatable bonds is 6. The molecule has 5 heteroatoms. The van der Waals surface area contributed by atoms with E-state index in [-0.39, 0.29) is 22.8 Å². The maximum absolute atomic E-state index is 12.2. The van der Waals surface area contributed by atoms with Crippen LogP contribution in [-0.4, -0.2) is 44.4 Å². The van der Waals surface area contributed by atoms with Crippen molar-refractivity contribution >= 4 is 28.7 Å². The quantitative estimate of drug-likeness (QED) is 0.404. The summed E-state index contributed by atoms with van der Waals surface area (Å²) in [7, 11) is 6.00. The minimum atomic E-state index is -0.425. The topological polar surface area (TPSA) is 46.6 Å². The van der Waals surface area contributed by atoms with Crippen LogP contribution in [0, 0.1) is 0 Å². The Kier molecular flexibility index (Phi) is 11.9. The van der Waals surface area contributed by atoms with Crippen molar-refractivity contribution < 1.29 is 14.3 Å². The van der Waals surface area contributed by atoms with Gasteiger partial charge >= 0.3 is 5.97 Å². The van der Waals surface area contributed by atoms with Crippen molar-refractivity contribution in [2.75, 3.05) is 27.7 Å². The number of benzene rings is 2. The molecule has 0 aliphatic heterocycles. The smallest absolute Gasteiger partial charge is 0.330 e. The fourth-order valence-electron chi connectivity index (χ4n) is 1.91. The van der Waals surface area contributed by atoms with E-state index < -0.39 is 5.97 Å². The summed E-state index contributed by atoms with van der Waals surface area (Å²) in [6.07, 6.45) is 1.75. The minimum absolute atomic E-state index is 0. The molecule has 0 saturated heterocycles. The molecule has 0 aliphatic carbocycles. The van der Waals surface area contributed by atoms with Crippen molar-refractivity contribution in [3.05, 3.63) is 83.9 Å². The standard InChI is InChI=1S/C18H16O3.C3H9N.BrH/c1-2-17(19)21-13-12-14-8-10-16(11-9-14)18(20)15-6-4-3-5-7-15;1-4(2)3;/h2-11H,1,12-13H2;1-3H3;1H. The summed E-state index contributed by atoms with van der Waals surface area (Å²) in [5.74, 6) is -0.425. The Balaban J connectivity index is 0.00000113. The first-order valence-corrected chi connectivity index (χ1v) is 8.03. The molecule has 0 atom stereocenters. The molecule has 2 rings (SSSR count). The van der Waals surface area contributed by atoms with Crippen LogP contribution in [0.5, 0.6) is 0 Å². The maximum atomic E-state index is 12.2. The molecule has 2 aromatic rings. The van der Waals surface area contributed by atoms with E-state index in [0.29, 0.717) is 24.2 Å². The Bertz CT molecular complexity index is 679. The number of hydrogen-bond acceptors (Lipinski definition) is 4. The molecule has 26 heavy (non-hydrogen) atoms. The van der Waals surface area contributed by atoms with Gasteiger partial charge in [-0.1, -0.05) is 61.2 Å². The van der Waals surface area contributed by atoms with E-state index in [1.165, 1.54) is 0 Å². The number of carbonyl (C=O) groups excluding carboxylic acids is 2. The second-order valence-corrected chi connectivity index (χ2v) is 5.86. The third-order valence-corrected chi connectivity index (χ3v) is 3.05. The zero-order chi connectivity index (χ0) is 18.7. The maximum Gasteiger partial charge on any atom is 0.330 e. The van der Waals surface area contributed by atoms with Crippen LogP contribution >= 0.6 is 17.0 Å². The van der Waals surface area contributed by atoms with Gasteiger partial charge in [-0.3, -0.25) is 4.79 Å². The highest BCUT2D eigenvalue weighted by atomic mass is 79.9. The largest absolute Gasteiger partial charge is 0.462 e. The van der Waals surface area contributed by atoms with Crippen LogP contribution in [0.25, 0.3) is 0 Å². The van der Waals surface area contributed by atoms with E-state index in [2.05, 4.69) is 6.58 Å². The van der Waals surface area contributed by atoms with Crippen molar-refractivity contribution in [3.63, 3.8) is 0 Å². The molecule has 0 N–H and O–H groups in total. The van der Waals surface area contributed by atoms with Gasteiger partial charge in [0.25, 0.3) is 0 Å². The van der Waals surface area contributed by atoms with Crippen molar-refractivity contribution in [1.82, 2.24) is 4.90 Å². The van der Waals surface area contributed by atoms with Crippen LogP contribution in [0.4, 0.5) is 0 Å². The average molecular weight is 420 g/mol. The number of ether oxygens (including phenoxy) is 1. The Hall–Kier alpha value is -2.24. The third-order valence-electron chi connectivity index (χ3n) is 3.05. The van der Waals surface area contributed by atoms with Crippen LogP contribution in [-0.2, 0) is 16.0 Å². The molecule has 0 amide bonds. The molecule has 0 fully saturated rings. The molecular weight excluding hydrogens is 394 g/mol. The molecular formula is C21H26BrNO3. The Morgan fingerprint density at radius 2 is 1.46 bits per heavy atom. The Labute approximate surface area is 166 Å². The monoisotopic (exact) mass is 419 g/mol. The second kappa shape index (κ2) is 13.0. The molecule has 0 spiro atoms. The number of hydrogen-bond donors (Lipinski definition) is 0. The molecule has 4 nitrogen and oxygen atoms in total. The van der Waals surface area contributed by atoms with E-state index in [1.54, 1.807) is 24.3 Å². The number of carbonyl (C=O) groups is 2. The molecule has 0 heterocycles. The highest BCUT2D eigenvalue weighted by Gasteiger charge is 2.08. The lowest BCUT2D eigenvalue weighted by molar-refractivity contribution is -0.137. The van der Waals surface area contributed by atoms with E-state index >= 15 is 0 Å². The zero-order valence-electron chi connectivity index (χ0n) is 15.5. The molecule has 0 bridgehead atoms. The van der Waals surface area contributed by atoms with Gasteiger partial charge in [0.05, 0.1) is 6.61 Å². The van der Waals surface area contributed by atoms with Gasteiger partial charge in [-0.2, -0.15) is 0 Å². The highest BCUT2D eigenvalue weighted by Crippen LogP contribution is 2.11. The fraction of sp³-hybridized carbons (Fsp3) is 0.238. The van der Waals surface area contributed by atoms with Gasteiger partial charge in [0.2, 0.25) is 0 Å². The van der Waals surface area contributed by atoms with Gasteiger partial charge in [0, 0.05) is 23.6 Å². The molecule has 0 unspecified atom stereocenters. The summed E-state index contributed by atoms with van der Waals surface area (Å²) >= 11 is 0. The lowest BCUT2D eigenvalue weighted by Crippen LogP contribution is -2.05. The average Bonchev–Trinajstić information content (AvgIpc) is 2.62. The summed E-state index contributed by atoms with van der Waals surface area (Å²) in [6, 6.07) is 16.5. The second-order valence-electron chi connectivity index (χ2n) is 5.86. The van der Waals surface area contributed by atoms with Gasteiger partial charge in [0.1, 0.15) is 0 Å². The van der Waals surface area contributed by atoms with E-state index in [1.807, 2.05) is 56.4 Å². The molecule has 140 valence electrons. The Morgan fingerprint density at radius 1 is 0.962 bits per heavy atom. The number of halogens is 1. The first-order chi connectivity index (χ1) is 11.9. The van der Waals surface area contributed by atoms with Crippen LogP contribution < -0.4 is 0 Å². The van der Waals surface area contributed by atoms with Crippen LogP contribution in [0.1, 0.15) is 21.5 Å². The van der Waals surface area contributed by atoms with Crippen LogP contribution in [0.15, 0.2) is 67.3 Å². The van der Waals surface area contributed by atoms with Gasteiger partial charge in [-0.05, 0) is 26.7 Å². The fourth-order valence-corrected chi connectivity index (χ4v) is 1.91. The van der Waals surface area contributed by atoms with E-state index in [0.717, 1.165) is 11.6 Å². The van der Waals surface area contributed by atoms with Crippen molar-refractivity contribution in [3.8, 4) is 0 Å². The van der Waals surface area contributed by atoms with Gasteiger partial charge < -0.3 is 9.64 Å². The lowest BCUT2D eigenvalue weighted by atomic mass is 10.0. The molecule has 0 aromatic heterocycles. The van der Waals surface area contributed by atoms with Crippen LogP contribution in [0.3, 0.4) is 0 Å². The predicted molar refractivity (Wildman–Crippen MR) is 111 cm³/mol. The summed E-state index contributed by atoms with van der Waals surface area (Å²) in [4.78, 5) is 25.1. The summed E-state index contributed by atoms with van der Waals surface area (Å²) in [5, 5.41) is 0. The molecule has 0 saturated carbocycles. The van der Waals surface area contributed by atoms with Crippen LogP contribution in [0.2, 0.25) is 0 Å². The summed E-state index contributed by atoms with van der Waals surface area (Å²) in [5.41, 5.74) is 2.33. The van der Waals surface area contributed by atoms with Gasteiger partial charge in [0.15, 0.2) is 5.78 Å². The molecule has 2 aromatic carbocycles. The Morgan fingerprint density at radius 3 is 1.96 bits per heavy atom. The number of ketones is 1. The van der Waals surface area contributed by atoms with E-state index in [9.17, 15) is 9.59 Å². The predicted octanol–water partition coefficient (Wildman–Crippen LogP) is 3.95. The first kappa shape index (κ1) is 23.8. The van der Waals surface area contributed by atoms with Crippen molar-refractivity contribution in [2.24, 2.45) is 0 Å². The third kappa shape index (κ3) is 9.30. The molecule has 0 radical (unpaired) electrons. The van der Waals surface area contributed by atoms with Gasteiger partial charge in [-0.25, -0.2) is 4.79 Å². The van der Waals surface area contributed by atoms with Crippen molar-refractivity contribution in [2.45, 2.75) is 6.42 Å². The van der Waals surface area contributed by atoms with Crippen molar-refractivity contribution in [1.29, 1.82) is 0 Å². The SMILES string of the molecule is Br.C=CC(=O)OCCc1ccc(C(=O)c2ccccc2)cc1.CN(C)C. The lowest BCUT2D eigenvalue weighted by Gasteiger charge is -2.04. The molecule has 0 aliphatic rings. The van der Waals surface area contributed by atoms with Gasteiger partial charge in [-0.15, -0.1) is 17.0 Å². The zero-order valence-corrected chi connectivity index (χ0v) is 17.2.